The molecule has 2 heterocycles. The molecule has 3 radical (unpaired) electrons. The van der Waals surface area contributed by atoms with Crippen LogP contribution in [0.1, 0.15) is 87.9 Å². The van der Waals surface area contributed by atoms with Gasteiger partial charge in [0.25, 0.3) is 0 Å². The summed E-state index contributed by atoms with van der Waals surface area (Å²) in [6.07, 6.45) is 4.54. The van der Waals surface area contributed by atoms with Crippen LogP contribution in [-0.2, 0) is 55.8 Å². The van der Waals surface area contributed by atoms with E-state index in [4.69, 9.17) is 18.9 Å². The fourth-order valence-electron chi connectivity index (χ4n) is 8.01. The maximum atomic E-state index is 11.6. The SMILES string of the molecule is COC(=O)CCCc1cccc2c1OC1CC(OC(C)=O)C(C=O)C21.COC(=O)CCCc1cccc2c1OC1CC(OC(C)=O)C(CO)C21.[B].[H-].[Na+]. The van der Waals surface area contributed by atoms with E-state index < -0.39 is 6.10 Å². The molecule has 2 fully saturated rings. The van der Waals surface area contributed by atoms with Crippen molar-refractivity contribution < 1.29 is 88.5 Å². The Morgan fingerprint density at radius 1 is 0.788 bits per heavy atom. The Morgan fingerprint density at radius 2 is 1.25 bits per heavy atom. The van der Waals surface area contributed by atoms with Gasteiger partial charge in [0.2, 0.25) is 0 Å². The normalized spacial score (nSPS) is 25.4. The Labute approximate surface area is 329 Å². The minimum absolute atomic E-state index is 0. The maximum absolute atomic E-state index is 11.6. The van der Waals surface area contributed by atoms with E-state index in [9.17, 15) is 29.1 Å². The molecule has 6 rings (SSSR count). The number of aldehydes is 1. The quantitative estimate of drug-likeness (QED) is 0.143. The topological polar surface area (TPSA) is 161 Å². The van der Waals surface area contributed by atoms with E-state index in [1.54, 1.807) is 0 Å². The number of methoxy groups -OCH3 is 2. The van der Waals surface area contributed by atoms with E-state index in [-0.39, 0.29) is 112 Å². The van der Waals surface area contributed by atoms with Crippen molar-refractivity contribution in [3.63, 3.8) is 0 Å². The summed E-state index contributed by atoms with van der Waals surface area (Å²) in [7, 11) is 2.77. The standard InChI is InChI=1S/C19H24O6.C19H22O6.B.Na.H/c2*1-11(21)24-15-9-16-18(14(15)10-20)13-7-3-5-12(19(13)25-16)6-4-8-17(22)23-2;;;/h3,5,7,14-16,18,20H,4,6,8-10H2,1-2H3;3,5,7,10,14-16,18H,4,6,8-9H2,1-2H3;;;/q;;;+1;-1. The second kappa shape index (κ2) is 19.6. The van der Waals surface area contributed by atoms with E-state index in [2.05, 4.69) is 9.47 Å². The van der Waals surface area contributed by atoms with Crippen LogP contribution >= 0.6 is 0 Å². The molecule has 1 N–H and O–H groups in total. The summed E-state index contributed by atoms with van der Waals surface area (Å²) in [5.41, 5.74) is 4.16. The zero-order valence-electron chi connectivity index (χ0n) is 31.5. The molecule has 0 saturated heterocycles. The zero-order chi connectivity index (χ0) is 35.9. The average molecular weight is 730 g/mol. The Bertz CT molecular complexity index is 1590. The Morgan fingerprint density at radius 3 is 1.71 bits per heavy atom. The number of rotatable bonds is 12. The van der Waals surface area contributed by atoms with E-state index in [1.165, 1.54) is 28.1 Å². The smallest absolute Gasteiger partial charge is 1.00 e. The molecule has 275 valence electrons. The van der Waals surface area contributed by atoms with Crippen molar-refractivity contribution in [2.45, 2.75) is 101 Å². The number of aliphatic hydroxyl groups excluding tert-OH is 1. The van der Waals surface area contributed by atoms with Crippen molar-refractivity contribution in [1.82, 2.24) is 0 Å². The van der Waals surface area contributed by atoms with Gasteiger partial charge in [-0.15, -0.1) is 0 Å². The van der Waals surface area contributed by atoms with E-state index in [0.29, 0.717) is 44.9 Å². The van der Waals surface area contributed by atoms with Crippen LogP contribution in [0.4, 0.5) is 0 Å². The first-order chi connectivity index (χ1) is 24.1. The summed E-state index contributed by atoms with van der Waals surface area (Å²) in [6, 6.07) is 11.9. The molecule has 2 aliphatic heterocycles. The minimum Gasteiger partial charge on any atom is -1.00 e. The van der Waals surface area contributed by atoms with Gasteiger partial charge in [-0.3, -0.25) is 19.2 Å². The van der Waals surface area contributed by atoms with Crippen molar-refractivity contribution in [3.05, 3.63) is 58.7 Å². The second-order valence-electron chi connectivity index (χ2n) is 13.2. The van der Waals surface area contributed by atoms with E-state index in [1.807, 2.05) is 36.4 Å². The van der Waals surface area contributed by atoms with E-state index >= 15 is 0 Å². The number of benzene rings is 2. The fraction of sp³-hybridized carbons (Fsp3) is 0.553. The number of carbonyl (C=O) groups is 5. The summed E-state index contributed by atoms with van der Waals surface area (Å²) in [6.45, 7) is 2.69. The van der Waals surface area contributed by atoms with Gasteiger partial charge in [-0.1, -0.05) is 36.4 Å². The molecule has 0 bridgehead atoms. The third-order valence-corrected chi connectivity index (χ3v) is 10.1. The van der Waals surface area contributed by atoms with Gasteiger partial charge in [0.15, 0.2) is 0 Å². The van der Waals surface area contributed by atoms with Crippen molar-refractivity contribution in [1.29, 1.82) is 0 Å². The van der Waals surface area contributed by atoms with Gasteiger partial charge in [0, 0.05) is 76.8 Å². The fourth-order valence-corrected chi connectivity index (χ4v) is 8.01. The molecular weight excluding hydrogens is 682 g/mol. The third-order valence-electron chi connectivity index (χ3n) is 10.1. The maximum Gasteiger partial charge on any atom is 1.00 e. The number of aliphatic hydroxyl groups is 1. The number of carbonyl (C=O) groups excluding carboxylic acids is 5. The van der Waals surface area contributed by atoms with Gasteiger partial charge < -0.3 is 39.7 Å². The monoisotopic (exact) mass is 729 g/mol. The molecule has 8 atom stereocenters. The molecule has 4 aliphatic rings. The summed E-state index contributed by atoms with van der Waals surface area (Å²) in [5.74, 6) is -0.0693. The number of hydrogen-bond donors (Lipinski definition) is 1. The molecule has 8 unspecified atom stereocenters. The van der Waals surface area contributed by atoms with Crippen LogP contribution in [0, 0.1) is 11.8 Å². The summed E-state index contributed by atoms with van der Waals surface area (Å²) in [5, 5.41) is 9.82. The first-order valence-corrected chi connectivity index (χ1v) is 17.2. The van der Waals surface area contributed by atoms with Crippen molar-refractivity contribution in [3.8, 4) is 11.5 Å². The van der Waals surface area contributed by atoms with Crippen LogP contribution in [0.5, 0.6) is 11.5 Å². The van der Waals surface area contributed by atoms with Gasteiger partial charge >= 0.3 is 53.4 Å². The largest absolute Gasteiger partial charge is 1.00 e. The second-order valence-corrected chi connectivity index (χ2v) is 13.2. The zero-order valence-corrected chi connectivity index (χ0v) is 32.5. The van der Waals surface area contributed by atoms with Crippen LogP contribution < -0.4 is 39.0 Å². The van der Waals surface area contributed by atoms with Crippen LogP contribution in [0.2, 0.25) is 0 Å². The molecule has 0 amide bonds. The average Bonchev–Trinajstić information content (AvgIpc) is 3.82. The first kappa shape index (κ1) is 43.0. The number of fused-ring (bicyclic) bond motifs is 6. The third kappa shape index (κ3) is 9.58. The predicted octanol–water partition coefficient (Wildman–Crippen LogP) is 0.884. The number of ether oxygens (including phenoxy) is 6. The molecule has 0 spiro atoms. The molecule has 2 aromatic rings. The van der Waals surface area contributed by atoms with Gasteiger partial charge in [0.1, 0.15) is 42.2 Å². The van der Waals surface area contributed by atoms with Crippen LogP contribution in [0.25, 0.3) is 0 Å². The Kier molecular flexibility index (Phi) is 16.2. The Hall–Kier alpha value is -3.39. The van der Waals surface area contributed by atoms with Crippen molar-refractivity contribution >= 4 is 38.6 Å². The van der Waals surface area contributed by atoms with Gasteiger partial charge in [-0.25, -0.2) is 0 Å². The van der Waals surface area contributed by atoms with Gasteiger partial charge in [-0.2, -0.15) is 0 Å². The molecule has 12 nitrogen and oxygen atoms in total. The summed E-state index contributed by atoms with van der Waals surface area (Å²) in [4.78, 5) is 56.7. The minimum atomic E-state index is -0.430. The van der Waals surface area contributed by atoms with Gasteiger partial charge in [0.05, 0.1) is 26.7 Å². The Balaban J connectivity index is 0.000000347. The van der Waals surface area contributed by atoms with Crippen LogP contribution in [-0.4, -0.2) is 88.9 Å². The molecule has 2 aromatic carbocycles. The van der Waals surface area contributed by atoms with Crippen molar-refractivity contribution in [2.24, 2.45) is 11.8 Å². The number of esters is 4. The summed E-state index contributed by atoms with van der Waals surface area (Å²) < 4.78 is 32.3. The van der Waals surface area contributed by atoms with Crippen molar-refractivity contribution in [2.75, 3.05) is 20.8 Å². The molecule has 14 heteroatoms. The number of aryl methyl sites for hydroxylation is 2. The first-order valence-electron chi connectivity index (χ1n) is 17.2. The predicted molar refractivity (Wildman–Crippen MR) is 184 cm³/mol. The van der Waals surface area contributed by atoms with E-state index in [0.717, 1.165) is 46.5 Å². The van der Waals surface area contributed by atoms with Crippen LogP contribution in [0.15, 0.2) is 36.4 Å². The summed E-state index contributed by atoms with van der Waals surface area (Å²) >= 11 is 0. The molecule has 2 aliphatic carbocycles. The molecule has 52 heavy (non-hydrogen) atoms. The number of para-hydroxylation sites is 2. The molecule has 2 saturated carbocycles. The molecule has 0 aromatic heterocycles. The van der Waals surface area contributed by atoms with Crippen LogP contribution in [0.3, 0.4) is 0 Å². The van der Waals surface area contributed by atoms with Gasteiger partial charge in [-0.05, 0) is 36.8 Å². The molecular formula is C38H47BNaO12. The number of hydrogen-bond acceptors (Lipinski definition) is 12.